The normalized spacial score (nSPS) is 15.1. The number of hydrogen-bond acceptors (Lipinski definition) is 8. The molecule has 148 valence electrons. The van der Waals surface area contributed by atoms with Crippen LogP contribution >= 0.6 is 23.1 Å². The fourth-order valence-electron chi connectivity index (χ4n) is 3.14. The van der Waals surface area contributed by atoms with Gasteiger partial charge in [-0.25, -0.2) is 9.78 Å². The summed E-state index contributed by atoms with van der Waals surface area (Å²) in [4.78, 5) is 33.3. The predicted octanol–water partition coefficient (Wildman–Crippen LogP) is 3.56. The van der Waals surface area contributed by atoms with Crippen molar-refractivity contribution in [2.45, 2.75) is 57.0 Å². The third-order valence-electron chi connectivity index (χ3n) is 4.69. The van der Waals surface area contributed by atoms with E-state index in [2.05, 4.69) is 24.7 Å². The molecule has 1 fully saturated rings. The largest absolute Gasteiger partial charge is 0.462 e. The first kappa shape index (κ1) is 19.1. The maximum Gasteiger partial charge on any atom is 0.348 e. The molecule has 0 radical (unpaired) electrons. The molecule has 3 aromatic rings. The van der Waals surface area contributed by atoms with Gasteiger partial charge in [-0.15, -0.1) is 21.5 Å². The van der Waals surface area contributed by atoms with Crippen LogP contribution in [-0.2, 0) is 4.74 Å². The number of aromatic amines is 1. The molecule has 1 aliphatic carbocycles. The van der Waals surface area contributed by atoms with Crippen LogP contribution in [0.15, 0.2) is 9.95 Å². The van der Waals surface area contributed by atoms with E-state index in [-0.39, 0.29) is 17.4 Å². The van der Waals surface area contributed by atoms with Gasteiger partial charge in [0.1, 0.15) is 21.4 Å². The van der Waals surface area contributed by atoms with Crippen molar-refractivity contribution in [3.63, 3.8) is 0 Å². The van der Waals surface area contributed by atoms with Crippen molar-refractivity contribution in [1.29, 1.82) is 0 Å². The Morgan fingerprint density at radius 1 is 1.39 bits per heavy atom. The number of carbonyl (C=O) groups excluding carboxylic acids is 1. The second-order valence-corrected chi connectivity index (χ2v) is 9.11. The van der Waals surface area contributed by atoms with E-state index in [9.17, 15) is 9.59 Å². The summed E-state index contributed by atoms with van der Waals surface area (Å²) >= 11 is 2.72. The summed E-state index contributed by atoms with van der Waals surface area (Å²) in [6.07, 6.45) is 2.29. The molecule has 1 N–H and O–H groups in total. The lowest BCUT2D eigenvalue weighted by Crippen LogP contribution is -2.13. The monoisotopic (exact) mass is 419 g/mol. The molecule has 3 heterocycles. The molecule has 8 nitrogen and oxygen atoms in total. The summed E-state index contributed by atoms with van der Waals surface area (Å²) in [6, 6.07) is 0.478. The summed E-state index contributed by atoms with van der Waals surface area (Å²) in [5.41, 5.74) is 0.375. The Morgan fingerprint density at radius 2 is 2.14 bits per heavy atom. The minimum atomic E-state index is -0.417. The lowest BCUT2D eigenvalue weighted by atomic mass is 10.2. The summed E-state index contributed by atoms with van der Waals surface area (Å²) in [5.74, 6) is 1.05. The molecule has 28 heavy (non-hydrogen) atoms. The van der Waals surface area contributed by atoms with Crippen molar-refractivity contribution < 1.29 is 9.53 Å². The Morgan fingerprint density at radius 3 is 2.82 bits per heavy atom. The van der Waals surface area contributed by atoms with E-state index in [0.29, 0.717) is 32.5 Å². The van der Waals surface area contributed by atoms with Crippen LogP contribution in [-0.4, -0.2) is 37.3 Å². The molecule has 4 rings (SSSR count). The van der Waals surface area contributed by atoms with Crippen LogP contribution < -0.4 is 5.56 Å². The van der Waals surface area contributed by atoms with Gasteiger partial charge in [-0.3, -0.25) is 4.79 Å². The first-order chi connectivity index (χ1) is 13.4. The number of carbonyl (C=O) groups is 1. The number of nitrogens with zero attached hydrogens (tertiary/aromatic N) is 4. The third-order valence-corrected chi connectivity index (χ3v) is 6.93. The minimum absolute atomic E-state index is 0.119. The molecule has 1 aliphatic rings. The number of thioether (sulfide) groups is 1. The Bertz CT molecular complexity index is 1110. The Balaban J connectivity index is 1.67. The lowest BCUT2D eigenvalue weighted by Gasteiger charge is -2.11. The third kappa shape index (κ3) is 3.35. The average Bonchev–Trinajstić information content (AvgIpc) is 3.33. The standard InChI is InChI=1S/C18H21N5O3S2/c1-5-26-17(25)13-8(2)12-15(24)19-14(20-16(12)28-13)9(3)27-18-22-21-10(4)23(18)11-6-7-11/h9,11H,5-7H2,1-4H3,(H,19,20,24)/t9-/m1/s1. The maximum atomic E-state index is 12.7. The number of rotatable bonds is 6. The smallest absolute Gasteiger partial charge is 0.348 e. The molecule has 0 unspecified atom stereocenters. The van der Waals surface area contributed by atoms with Crippen LogP contribution in [0.5, 0.6) is 0 Å². The van der Waals surface area contributed by atoms with E-state index in [4.69, 9.17) is 4.74 Å². The van der Waals surface area contributed by atoms with Crippen LogP contribution in [0, 0.1) is 13.8 Å². The Kier molecular flexibility index (Phi) is 5.00. The fourth-order valence-corrected chi connectivity index (χ4v) is 5.25. The number of esters is 1. The van der Waals surface area contributed by atoms with Gasteiger partial charge in [0, 0.05) is 6.04 Å². The topological polar surface area (TPSA) is 103 Å². The van der Waals surface area contributed by atoms with Crippen molar-refractivity contribution in [2.24, 2.45) is 0 Å². The Labute approximate surface area is 169 Å². The zero-order valence-corrected chi connectivity index (χ0v) is 17.7. The molecule has 0 bridgehead atoms. The number of ether oxygens (including phenoxy) is 1. The molecular weight excluding hydrogens is 398 g/mol. The number of aryl methyl sites for hydroxylation is 2. The second-order valence-electron chi connectivity index (χ2n) is 6.80. The highest BCUT2D eigenvalue weighted by molar-refractivity contribution is 7.99. The first-order valence-corrected chi connectivity index (χ1v) is 10.9. The van der Waals surface area contributed by atoms with E-state index in [1.807, 2.05) is 13.8 Å². The van der Waals surface area contributed by atoms with Gasteiger partial charge in [-0.05, 0) is 46.1 Å². The molecule has 3 aromatic heterocycles. The summed E-state index contributed by atoms with van der Waals surface area (Å²) in [5, 5.41) is 9.65. The van der Waals surface area contributed by atoms with Crippen LogP contribution in [0.1, 0.15) is 64.9 Å². The molecule has 0 amide bonds. The summed E-state index contributed by atoms with van der Waals surface area (Å²) < 4.78 is 7.25. The number of fused-ring (bicyclic) bond motifs is 1. The SMILES string of the molecule is CCOC(=O)c1sc2nc([C@@H](C)Sc3nnc(C)n3C3CC3)[nH]c(=O)c2c1C. The number of H-pyrrole nitrogens is 1. The maximum absolute atomic E-state index is 12.7. The number of hydrogen-bond donors (Lipinski definition) is 1. The van der Waals surface area contributed by atoms with Gasteiger partial charge in [0.2, 0.25) is 0 Å². The molecule has 0 spiro atoms. The van der Waals surface area contributed by atoms with Crippen molar-refractivity contribution in [3.05, 3.63) is 32.4 Å². The second kappa shape index (κ2) is 7.32. The minimum Gasteiger partial charge on any atom is -0.462 e. The van der Waals surface area contributed by atoms with E-state index >= 15 is 0 Å². The van der Waals surface area contributed by atoms with Gasteiger partial charge >= 0.3 is 5.97 Å². The molecular formula is C18H21N5O3S2. The van der Waals surface area contributed by atoms with Gasteiger partial charge in [0.25, 0.3) is 5.56 Å². The number of aromatic nitrogens is 5. The van der Waals surface area contributed by atoms with Crippen LogP contribution in [0.4, 0.5) is 0 Å². The van der Waals surface area contributed by atoms with Crippen molar-refractivity contribution >= 4 is 39.3 Å². The highest BCUT2D eigenvalue weighted by Crippen LogP contribution is 2.41. The van der Waals surface area contributed by atoms with Crippen molar-refractivity contribution in [1.82, 2.24) is 24.7 Å². The van der Waals surface area contributed by atoms with Gasteiger partial charge in [0.15, 0.2) is 5.16 Å². The number of nitrogens with one attached hydrogen (secondary N) is 1. The first-order valence-electron chi connectivity index (χ1n) is 9.19. The van der Waals surface area contributed by atoms with E-state index in [1.54, 1.807) is 13.8 Å². The highest BCUT2D eigenvalue weighted by atomic mass is 32.2. The average molecular weight is 420 g/mol. The van der Waals surface area contributed by atoms with Crippen molar-refractivity contribution in [2.75, 3.05) is 6.61 Å². The zero-order valence-electron chi connectivity index (χ0n) is 16.1. The predicted molar refractivity (Wildman–Crippen MR) is 108 cm³/mol. The zero-order chi connectivity index (χ0) is 20.0. The van der Waals surface area contributed by atoms with Gasteiger partial charge in [-0.1, -0.05) is 11.8 Å². The van der Waals surface area contributed by atoms with E-state index in [1.165, 1.54) is 23.1 Å². The fraction of sp³-hybridized carbons (Fsp3) is 0.500. The molecule has 10 heteroatoms. The van der Waals surface area contributed by atoms with E-state index < -0.39 is 5.97 Å². The van der Waals surface area contributed by atoms with Crippen LogP contribution in [0.2, 0.25) is 0 Å². The van der Waals surface area contributed by atoms with Crippen LogP contribution in [0.3, 0.4) is 0 Å². The highest BCUT2D eigenvalue weighted by Gasteiger charge is 2.29. The molecule has 0 aliphatic heterocycles. The quantitative estimate of drug-likeness (QED) is 0.481. The van der Waals surface area contributed by atoms with Crippen LogP contribution in [0.25, 0.3) is 10.2 Å². The lowest BCUT2D eigenvalue weighted by molar-refractivity contribution is 0.0531. The Hall–Kier alpha value is -2.20. The molecule has 1 atom stereocenters. The summed E-state index contributed by atoms with van der Waals surface area (Å²) in [7, 11) is 0. The van der Waals surface area contributed by atoms with Gasteiger partial charge in [0.05, 0.1) is 17.2 Å². The number of thiophene rings is 1. The summed E-state index contributed by atoms with van der Waals surface area (Å²) in [6.45, 7) is 7.72. The molecule has 1 saturated carbocycles. The van der Waals surface area contributed by atoms with Gasteiger partial charge in [-0.2, -0.15) is 0 Å². The molecule has 0 saturated heterocycles. The van der Waals surface area contributed by atoms with Gasteiger partial charge < -0.3 is 14.3 Å². The molecule has 0 aromatic carbocycles. The van der Waals surface area contributed by atoms with Crippen molar-refractivity contribution in [3.8, 4) is 0 Å². The van der Waals surface area contributed by atoms with E-state index in [0.717, 1.165) is 23.8 Å².